The van der Waals surface area contributed by atoms with Gasteiger partial charge in [-0.3, -0.25) is 0 Å². The van der Waals surface area contributed by atoms with Crippen LogP contribution in [0.1, 0.15) is 5.56 Å². The Kier molecular flexibility index (Phi) is 5.31. The number of nitrogens with one attached hydrogen (secondary N) is 1. The molecule has 0 radical (unpaired) electrons. The predicted molar refractivity (Wildman–Crippen MR) is 55.9 cm³/mol. The zero-order valence-corrected chi connectivity index (χ0v) is 9.30. The fourth-order valence-corrected chi connectivity index (χ4v) is 1.27. The summed E-state index contributed by atoms with van der Waals surface area (Å²) in [5.41, 5.74) is 0.283. The number of hydrogen-bond acceptors (Lipinski definition) is 3. The molecule has 0 bridgehead atoms. The number of hydrogen-bond donors (Lipinski definition) is 1. The summed E-state index contributed by atoms with van der Waals surface area (Å²) >= 11 is 0. The van der Waals surface area contributed by atoms with Gasteiger partial charge in [0.15, 0.2) is 6.29 Å². The molecule has 1 aromatic carbocycles. The Morgan fingerprint density at radius 3 is 2.56 bits per heavy atom. The third kappa shape index (κ3) is 3.84. The number of benzene rings is 1. The van der Waals surface area contributed by atoms with E-state index in [2.05, 4.69) is 5.32 Å². The first-order chi connectivity index (χ1) is 7.67. The van der Waals surface area contributed by atoms with E-state index in [0.29, 0.717) is 6.54 Å². The standard InChI is InChI=1S/C11H15F2NO2/c1-15-11(16-2)7-14-6-8-5-9(12)3-4-10(8)13/h3-5,11,14H,6-7H2,1-2H3. The molecule has 0 saturated heterocycles. The van der Waals surface area contributed by atoms with Crippen molar-refractivity contribution < 1.29 is 18.3 Å². The highest BCUT2D eigenvalue weighted by Crippen LogP contribution is 2.09. The average Bonchev–Trinajstić information content (AvgIpc) is 2.29. The molecule has 1 rings (SSSR count). The lowest BCUT2D eigenvalue weighted by Crippen LogP contribution is -2.29. The molecule has 1 aromatic rings. The van der Waals surface area contributed by atoms with Crippen molar-refractivity contribution in [2.45, 2.75) is 12.8 Å². The van der Waals surface area contributed by atoms with Crippen LogP contribution in [0.5, 0.6) is 0 Å². The smallest absolute Gasteiger partial charge is 0.169 e. The van der Waals surface area contributed by atoms with Crippen molar-refractivity contribution in [1.82, 2.24) is 5.32 Å². The molecule has 3 nitrogen and oxygen atoms in total. The maximum atomic E-state index is 13.2. The molecule has 0 aliphatic rings. The van der Waals surface area contributed by atoms with Crippen LogP contribution >= 0.6 is 0 Å². The van der Waals surface area contributed by atoms with Crippen LogP contribution in [0, 0.1) is 11.6 Å². The summed E-state index contributed by atoms with van der Waals surface area (Å²) in [5, 5.41) is 2.92. The zero-order valence-electron chi connectivity index (χ0n) is 9.30. The van der Waals surface area contributed by atoms with E-state index >= 15 is 0 Å². The van der Waals surface area contributed by atoms with Crippen molar-refractivity contribution in [3.63, 3.8) is 0 Å². The molecule has 0 saturated carbocycles. The van der Waals surface area contributed by atoms with Crippen molar-refractivity contribution in [3.05, 3.63) is 35.4 Å². The third-order valence-corrected chi connectivity index (χ3v) is 2.16. The minimum atomic E-state index is -0.451. The lowest BCUT2D eigenvalue weighted by molar-refractivity contribution is -0.0989. The van der Waals surface area contributed by atoms with Crippen LogP contribution in [-0.4, -0.2) is 27.1 Å². The van der Waals surface area contributed by atoms with Gasteiger partial charge in [-0.1, -0.05) is 0 Å². The highest BCUT2D eigenvalue weighted by molar-refractivity contribution is 5.18. The van der Waals surface area contributed by atoms with Crippen LogP contribution in [0.2, 0.25) is 0 Å². The molecule has 0 amide bonds. The Labute approximate surface area is 93.4 Å². The van der Waals surface area contributed by atoms with Crippen LogP contribution in [0.4, 0.5) is 8.78 Å². The topological polar surface area (TPSA) is 30.5 Å². The summed E-state index contributed by atoms with van der Waals surface area (Å²) in [5.74, 6) is -0.881. The summed E-state index contributed by atoms with van der Waals surface area (Å²) in [4.78, 5) is 0. The molecule has 0 aliphatic heterocycles. The summed E-state index contributed by atoms with van der Waals surface area (Å²) < 4.78 is 35.9. The molecule has 5 heteroatoms. The van der Waals surface area contributed by atoms with Gasteiger partial charge in [0.25, 0.3) is 0 Å². The number of methoxy groups -OCH3 is 2. The highest BCUT2D eigenvalue weighted by Gasteiger charge is 2.06. The fourth-order valence-electron chi connectivity index (χ4n) is 1.27. The largest absolute Gasteiger partial charge is 0.355 e. The summed E-state index contributed by atoms with van der Waals surface area (Å²) in [6, 6.07) is 3.36. The van der Waals surface area contributed by atoms with E-state index in [1.807, 2.05) is 0 Å². The van der Waals surface area contributed by atoms with Gasteiger partial charge >= 0.3 is 0 Å². The van der Waals surface area contributed by atoms with Gasteiger partial charge in [0, 0.05) is 32.9 Å². The molecule has 0 heterocycles. The minimum Gasteiger partial charge on any atom is -0.355 e. The molecule has 0 unspecified atom stereocenters. The molecule has 0 fully saturated rings. The van der Waals surface area contributed by atoms with Gasteiger partial charge in [-0.15, -0.1) is 0 Å². The Hall–Kier alpha value is -1.04. The molecule has 0 aromatic heterocycles. The van der Waals surface area contributed by atoms with E-state index in [4.69, 9.17) is 9.47 Å². The summed E-state index contributed by atoms with van der Waals surface area (Å²) in [7, 11) is 3.03. The van der Waals surface area contributed by atoms with Crippen molar-refractivity contribution in [1.29, 1.82) is 0 Å². The minimum absolute atomic E-state index is 0.229. The first-order valence-corrected chi connectivity index (χ1v) is 4.87. The fraction of sp³-hybridized carbons (Fsp3) is 0.455. The van der Waals surface area contributed by atoms with E-state index < -0.39 is 17.9 Å². The predicted octanol–water partition coefficient (Wildman–Crippen LogP) is 1.67. The Morgan fingerprint density at radius 1 is 1.25 bits per heavy atom. The Bertz CT molecular complexity index is 330. The second-order valence-corrected chi connectivity index (χ2v) is 3.27. The molecule has 0 spiro atoms. The van der Waals surface area contributed by atoms with E-state index in [0.717, 1.165) is 18.2 Å². The van der Waals surface area contributed by atoms with Gasteiger partial charge in [0.2, 0.25) is 0 Å². The molecule has 0 aliphatic carbocycles. The molecular weight excluding hydrogens is 216 g/mol. The zero-order chi connectivity index (χ0) is 12.0. The van der Waals surface area contributed by atoms with E-state index in [9.17, 15) is 8.78 Å². The number of rotatable bonds is 6. The molecule has 0 atom stereocenters. The maximum absolute atomic E-state index is 13.2. The normalized spacial score (nSPS) is 11.1. The molecule has 1 N–H and O–H groups in total. The third-order valence-electron chi connectivity index (χ3n) is 2.16. The van der Waals surface area contributed by atoms with E-state index in [1.54, 1.807) is 0 Å². The number of ether oxygens (including phenoxy) is 2. The van der Waals surface area contributed by atoms with Crippen molar-refractivity contribution >= 4 is 0 Å². The lowest BCUT2D eigenvalue weighted by atomic mass is 10.2. The average molecular weight is 231 g/mol. The quantitative estimate of drug-likeness (QED) is 0.755. The highest BCUT2D eigenvalue weighted by atomic mass is 19.1. The van der Waals surface area contributed by atoms with Crippen LogP contribution in [-0.2, 0) is 16.0 Å². The van der Waals surface area contributed by atoms with Crippen molar-refractivity contribution in [2.75, 3.05) is 20.8 Å². The van der Waals surface area contributed by atoms with Crippen molar-refractivity contribution in [3.8, 4) is 0 Å². The maximum Gasteiger partial charge on any atom is 0.169 e. The number of halogens is 2. The van der Waals surface area contributed by atoms with Gasteiger partial charge in [0.05, 0.1) is 0 Å². The summed E-state index contributed by atoms with van der Waals surface area (Å²) in [6.07, 6.45) is -0.392. The molecular formula is C11H15F2NO2. The van der Waals surface area contributed by atoms with Crippen LogP contribution in [0.25, 0.3) is 0 Å². The van der Waals surface area contributed by atoms with Gasteiger partial charge in [-0.2, -0.15) is 0 Å². The SMILES string of the molecule is COC(CNCc1cc(F)ccc1F)OC. The first kappa shape index (κ1) is 13.0. The Balaban J connectivity index is 2.45. The second-order valence-electron chi connectivity index (χ2n) is 3.27. The first-order valence-electron chi connectivity index (χ1n) is 4.87. The Morgan fingerprint density at radius 2 is 1.94 bits per heavy atom. The van der Waals surface area contributed by atoms with Crippen LogP contribution in [0.3, 0.4) is 0 Å². The van der Waals surface area contributed by atoms with Gasteiger partial charge in [-0.05, 0) is 18.2 Å². The lowest BCUT2D eigenvalue weighted by Gasteiger charge is -2.14. The van der Waals surface area contributed by atoms with Crippen LogP contribution < -0.4 is 5.32 Å². The van der Waals surface area contributed by atoms with Crippen molar-refractivity contribution in [2.24, 2.45) is 0 Å². The van der Waals surface area contributed by atoms with Crippen LogP contribution in [0.15, 0.2) is 18.2 Å². The second kappa shape index (κ2) is 6.52. The monoisotopic (exact) mass is 231 g/mol. The van der Waals surface area contributed by atoms with Gasteiger partial charge < -0.3 is 14.8 Å². The molecule has 16 heavy (non-hydrogen) atoms. The molecule has 90 valence electrons. The van der Waals surface area contributed by atoms with Gasteiger partial charge in [0.1, 0.15) is 11.6 Å². The van der Waals surface area contributed by atoms with Gasteiger partial charge in [-0.25, -0.2) is 8.78 Å². The van der Waals surface area contributed by atoms with E-state index in [-0.39, 0.29) is 12.1 Å². The van der Waals surface area contributed by atoms with E-state index in [1.165, 1.54) is 14.2 Å². The summed E-state index contributed by atoms with van der Waals surface area (Å²) in [6.45, 7) is 0.635.